The number of hydrogen-bond acceptors (Lipinski definition) is 2. The van der Waals surface area contributed by atoms with Gasteiger partial charge in [-0.05, 0) is 31.6 Å². The zero-order chi connectivity index (χ0) is 9.10. The first-order chi connectivity index (χ1) is 6.36. The lowest BCUT2D eigenvalue weighted by molar-refractivity contribution is 0.130. The van der Waals surface area contributed by atoms with Crippen molar-refractivity contribution in [1.29, 1.82) is 0 Å². The topological polar surface area (TPSA) is 32.3 Å². The Kier molecular flexibility index (Phi) is 3.23. The number of aliphatic hydroxyl groups excluding tert-OH is 1. The molecule has 0 heterocycles. The highest BCUT2D eigenvalue weighted by Crippen LogP contribution is 2.25. The van der Waals surface area contributed by atoms with E-state index in [0.29, 0.717) is 5.92 Å². The second kappa shape index (κ2) is 4.43. The lowest BCUT2D eigenvalue weighted by Gasteiger charge is -2.18. The zero-order valence-electron chi connectivity index (χ0n) is 8.34. The maximum Gasteiger partial charge on any atom is 0.0580 e. The van der Waals surface area contributed by atoms with Crippen molar-refractivity contribution in [3.8, 4) is 0 Å². The molecule has 2 fully saturated rings. The summed E-state index contributed by atoms with van der Waals surface area (Å²) in [6, 6.07) is 0.757. The summed E-state index contributed by atoms with van der Waals surface area (Å²) >= 11 is 0. The molecule has 0 aromatic heterocycles. The molecule has 0 bridgehead atoms. The van der Waals surface area contributed by atoms with E-state index in [1.165, 1.54) is 38.5 Å². The van der Waals surface area contributed by atoms with Crippen LogP contribution < -0.4 is 5.32 Å². The van der Waals surface area contributed by atoms with Gasteiger partial charge in [0.25, 0.3) is 0 Å². The summed E-state index contributed by atoms with van der Waals surface area (Å²) in [5.41, 5.74) is 0. The summed E-state index contributed by atoms with van der Waals surface area (Å²) in [7, 11) is 0. The van der Waals surface area contributed by atoms with E-state index in [-0.39, 0.29) is 6.10 Å². The first-order valence-corrected chi connectivity index (χ1v) is 5.78. The van der Waals surface area contributed by atoms with Gasteiger partial charge in [-0.25, -0.2) is 0 Å². The predicted molar refractivity (Wildman–Crippen MR) is 53.6 cm³/mol. The highest BCUT2D eigenvalue weighted by atomic mass is 16.3. The van der Waals surface area contributed by atoms with E-state index in [2.05, 4.69) is 5.32 Å². The van der Waals surface area contributed by atoms with Crippen molar-refractivity contribution in [3.05, 3.63) is 0 Å². The van der Waals surface area contributed by atoms with Crippen LogP contribution in [0, 0.1) is 5.92 Å². The molecule has 0 amide bonds. The molecule has 0 aromatic rings. The average molecular weight is 183 g/mol. The molecule has 0 aliphatic heterocycles. The molecule has 0 unspecified atom stereocenters. The van der Waals surface area contributed by atoms with Crippen molar-refractivity contribution in [2.45, 2.75) is 57.1 Å². The zero-order valence-corrected chi connectivity index (χ0v) is 8.34. The molecule has 2 heteroatoms. The molecule has 2 saturated carbocycles. The van der Waals surface area contributed by atoms with E-state index in [0.717, 1.165) is 19.0 Å². The molecule has 2 aliphatic carbocycles. The van der Waals surface area contributed by atoms with Crippen LogP contribution >= 0.6 is 0 Å². The van der Waals surface area contributed by atoms with Gasteiger partial charge in [0.2, 0.25) is 0 Å². The van der Waals surface area contributed by atoms with Gasteiger partial charge in [-0.1, -0.05) is 19.3 Å². The standard InChI is InChI=1S/C11H21NO/c13-11-7-3-4-9(11)8-12-10-5-1-2-6-10/h9-13H,1-8H2/t9-,11-/m0/s1. The third-order valence-electron chi connectivity index (χ3n) is 3.64. The molecule has 13 heavy (non-hydrogen) atoms. The molecule has 0 spiro atoms. The van der Waals surface area contributed by atoms with E-state index in [1.807, 2.05) is 0 Å². The molecule has 2 atom stereocenters. The molecule has 2 rings (SSSR count). The summed E-state index contributed by atoms with van der Waals surface area (Å²) in [5, 5.41) is 13.2. The number of nitrogens with one attached hydrogen (secondary N) is 1. The minimum Gasteiger partial charge on any atom is -0.393 e. The van der Waals surface area contributed by atoms with Gasteiger partial charge >= 0.3 is 0 Å². The van der Waals surface area contributed by atoms with Crippen molar-refractivity contribution < 1.29 is 5.11 Å². The van der Waals surface area contributed by atoms with Crippen molar-refractivity contribution in [2.24, 2.45) is 5.92 Å². The second-order valence-electron chi connectivity index (χ2n) is 4.65. The quantitative estimate of drug-likeness (QED) is 0.697. The molecule has 0 aromatic carbocycles. The van der Waals surface area contributed by atoms with E-state index in [1.54, 1.807) is 0 Å². The van der Waals surface area contributed by atoms with Gasteiger partial charge in [0, 0.05) is 12.6 Å². The molecule has 76 valence electrons. The Morgan fingerprint density at radius 2 is 1.77 bits per heavy atom. The second-order valence-corrected chi connectivity index (χ2v) is 4.65. The Bertz CT molecular complexity index is 154. The van der Waals surface area contributed by atoms with Crippen molar-refractivity contribution in [2.75, 3.05) is 6.54 Å². The number of rotatable bonds is 3. The Morgan fingerprint density at radius 3 is 2.38 bits per heavy atom. The molecular weight excluding hydrogens is 162 g/mol. The molecule has 2 aliphatic rings. The van der Waals surface area contributed by atoms with E-state index in [4.69, 9.17) is 0 Å². The number of aliphatic hydroxyl groups is 1. The van der Waals surface area contributed by atoms with Crippen LogP contribution in [0.15, 0.2) is 0 Å². The van der Waals surface area contributed by atoms with E-state index < -0.39 is 0 Å². The van der Waals surface area contributed by atoms with Crippen molar-refractivity contribution in [1.82, 2.24) is 5.32 Å². The predicted octanol–water partition coefficient (Wildman–Crippen LogP) is 1.68. The normalized spacial score (nSPS) is 35.8. The van der Waals surface area contributed by atoms with E-state index in [9.17, 15) is 5.11 Å². The van der Waals surface area contributed by atoms with Crippen LogP contribution in [0.3, 0.4) is 0 Å². The van der Waals surface area contributed by atoms with Crippen LogP contribution in [0.5, 0.6) is 0 Å². The van der Waals surface area contributed by atoms with Crippen LogP contribution in [0.4, 0.5) is 0 Å². The third kappa shape index (κ3) is 2.44. The van der Waals surface area contributed by atoms with Crippen LogP contribution in [-0.2, 0) is 0 Å². The van der Waals surface area contributed by atoms with Crippen LogP contribution in [-0.4, -0.2) is 23.8 Å². The maximum atomic E-state index is 9.62. The lowest BCUT2D eigenvalue weighted by atomic mass is 10.1. The SMILES string of the molecule is O[C@H]1CCC[C@H]1CNC1CCCC1. The fourth-order valence-corrected chi connectivity index (χ4v) is 2.70. The lowest BCUT2D eigenvalue weighted by Crippen LogP contribution is -2.33. The third-order valence-corrected chi connectivity index (χ3v) is 3.64. The van der Waals surface area contributed by atoms with Crippen molar-refractivity contribution in [3.63, 3.8) is 0 Å². The molecule has 0 saturated heterocycles. The van der Waals surface area contributed by atoms with Crippen molar-refractivity contribution >= 4 is 0 Å². The molecule has 2 N–H and O–H groups in total. The Balaban J connectivity index is 1.66. The Labute approximate surface area is 80.7 Å². The van der Waals surface area contributed by atoms with Gasteiger partial charge in [-0.15, -0.1) is 0 Å². The minimum atomic E-state index is -0.0195. The summed E-state index contributed by atoms with van der Waals surface area (Å²) in [6.45, 7) is 1.05. The fourth-order valence-electron chi connectivity index (χ4n) is 2.70. The molecular formula is C11H21NO. The highest BCUT2D eigenvalue weighted by molar-refractivity contribution is 4.81. The average Bonchev–Trinajstić information content (AvgIpc) is 2.72. The largest absolute Gasteiger partial charge is 0.393 e. The summed E-state index contributed by atoms with van der Waals surface area (Å²) in [4.78, 5) is 0. The number of hydrogen-bond donors (Lipinski definition) is 2. The van der Waals surface area contributed by atoms with Gasteiger partial charge in [-0.3, -0.25) is 0 Å². The van der Waals surface area contributed by atoms with Gasteiger partial charge in [-0.2, -0.15) is 0 Å². The van der Waals surface area contributed by atoms with Gasteiger partial charge in [0.05, 0.1) is 6.10 Å². The van der Waals surface area contributed by atoms with Crippen LogP contribution in [0.2, 0.25) is 0 Å². The highest BCUT2D eigenvalue weighted by Gasteiger charge is 2.25. The summed E-state index contributed by atoms with van der Waals surface area (Å²) in [6.07, 6.45) is 8.94. The van der Waals surface area contributed by atoms with Gasteiger partial charge in [0.1, 0.15) is 0 Å². The fraction of sp³-hybridized carbons (Fsp3) is 1.00. The first kappa shape index (κ1) is 9.47. The van der Waals surface area contributed by atoms with E-state index >= 15 is 0 Å². The minimum absolute atomic E-state index is 0.0195. The summed E-state index contributed by atoms with van der Waals surface area (Å²) < 4.78 is 0. The van der Waals surface area contributed by atoms with Crippen LogP contribution in [0.1, 0.15) is 44.9 Å². The Morgan fingerprint density at radius 1 is 1.00 bits per heavy atom. The monoisotopic (exact) mass is 183 g/mol. The van der Waals surface area contributed by atoms with Gasteiger partial charge in [0.15, 0.2) is 0 Å². The maximum absolute atomic E-state index is 9.62. The van der Waals surface area contributed by atoms with Gasteiger partial charge < -0.3 is 10.4 Å². The smallest absolute Gasteiger partial charge is 0.0580 e. The molecule has 0 radical (unpaired) electrons. The first-order valence-electron chi connectivity index (χ1n) is 5.78. The molecule has 2 nitrogen and oxygen atoms in total. The Hall–Kier alpha value is -0.0800. The van der Waals surface area contributed by atoms with Crippen LogP contribution in [0.25, 0.3) is 0 Å². The summed E-state index contributed by atoms with van der Waals surface area (Å²) in [5.74, 6) is 0.542.